The molecule has 0 spiro atoms. The Morgan fingerprint density at radius 1 is 1.29 bits per heavy atom. The zero-order chi connectivity index (χ0) is 9.97. The summed E-state index contributed by atoms with van der Waals surface area (Å²) in [5.41, 5.74) is 2.63. The molecule has 0 bridgehead atoms. The molecule has 1 N–H and O–H groups in total. The van der Waals surface area contributed by atoms with E-state index in [1.54, 1.807) is 0 Å². The van der Waals surface area contributed by atoms with Gasteiger partial charge in [0.15, 0.2) is 0 Å². The summed E-state index contributed by atoms with van der Waals surface area (Å²) in [7, 11) is 2.14. The first kappa shape index (κ1) is 9.28. The first-order valence-electron chi connectivity index (χ1n) is 5.05. The monoisotopic (exact) mass is 188 g/mol. The van der Waals surface area contributed by atoms with Gasteiger partial charge in [-0.3, -0.25) is 0 Å². The first-order valence-corrected chi connectivity index (χ1v) is 5.05. The molecule has 0 unspecified atom stereocenters. The average Bonchev–Trinajstić information content (AvgIpc) is 2.66. The Kier molecular flexibility index (Phi) is 2.55. The van der Waals surface area contributed by atoms with Gasteiger partial charge in [-0.05, 0) is 31.3 Å². The highest BCUT2D eigenvalue weighted by molar-refractivity contribution is 5.82. The van der Waals surface area contributed by atoms with Crippen LogP contribution in [0.5, 0.6) is 0 Å². The molecule has 74 valence electrons. The molecule has 1 aromatic heterocycles. The standard InChI is InChI=1S/C12H16N2/c1-3-14(2)9-10-5-4-6-12-11(10)7-8-13-12/h4-8,13H,3,9H2,1-2H3. The smallest absolute Gasteiger partial charge is 0.0457 e. The third-order valence-electron chi connectivity index (χ3n) is 2.67. The highest BCUT2D eigenvalue weighted by atomic mass is 15.1. The number of fused-ring (bicyclic) bond motifs is 1. The van der Waals surface area contributed by atoms with Crippen molar-refractivity contribution >= 4 is 10.9 Å². The molecule has 1 heterocycles. The van der Waals surface area contributed by atoms with E-state index in [0.717, 1.165) is 13.1 Å². The molecule has 0 aliphatic rings. The van der Waals surface area contributed by atoms with Crippen LogP contribution in [0.25, 0.3) is 10.9 Å². The molecule has 0 aliphatic heterocycles. The summed E-state index contributed by atoms with van der Waals surface area (Å²) in [6.45, 7) is 4.28. The van der Waals surface area contributed by atoms with Crippen molar-refractivity contribution in [1.29, 1.82) is 0 Å². The van der Waals surface area contributed by atoms with Crippen LogP contribution in [0.4, 0.5) is 0 Å². The normalized spacial score (nSPS) is 11.4. The van der Waals surface area contributed by atoms with E-state index in [1.165, 1.54) is 16.5 Å². The second-order valence-electron chi connectivity index (χ2n) is 3.69. The molecule has 0 radical (unpaired) electrons. The van der Waals surface area contributed by atoms with E-state index in [9.17, 15) is 0 Å². The maximum absolute atomic E-state index is 3.23. The minimum atomic E-state index is 1.02. The molecule has 0 aliphatic carbocycles. The molecule has 2 rings (SSSR count). The fourth-order valence-corrected chi connectivity index (χ4v) is 1.69. The molecule has 2 heteroatoms. The van der Waals surface area contributed by atoms with Crippen molar-refractivity contribution < 1.29 is 0 Å². The van der Waals surface area contributed by atoms with E-state index in [-0.39, 0.29) is 0 Å². The van der Waals surface area contributed by atoms with Gasteiger partial charge in [0.1, 0.15) is 0 Å². The van der Waals surface area contributed by atoms with Crippen LogP contribution in [0.3, 0.4) is 0 Å². The van der Waals surface area contributed by atoms with Crippen LogP contribution in [0, 0.1) is 0 Å². The van der Waals surface area contributed by atoms with Crippen LogP contribution in [0.1, 0.15) is 12.5 Å². The molecular formula is C12H16N2. The summed E-state index contributed by atoms with van der Waals surface area (Å²) in [4.78, 5) is 5.54. The Balaban J connectivity index is 2.36. The lowest BCUT2D eigenvalue weighted by molar-refractivity contribution is 0.347. The third kappa shape index (κ3) is 1.66. The van der Waals surface area contributed by atoms with E-state index >= 15 is 0 Å². The number of hydrogen-bond acceptors (Lipinski definition) is 1. The van der Waals surface area contributed by atoms with Crippen LogP contribution < -0.4 is 0 Å². The van der Waals surface area contributed by atoms with E-state index in [4.69, 9.17) is 0 Å². The molecule has 0 saturated carbocycles. The van der Waals surface area contributed by atoms with Crippen molar-refractivity contribution in [2.45, 2.75) is 13.5 Å². The van der Waals surface area contributed by atoms with Gasteiger partial charge >= 0.3 is 0 Å². The van der Waals surface area contributed by atoms with Crippen molar-refractivity contribution in [3.8, 4) is 0 Å². The SMILES string of the molecule is CCN(C)Cc1cccc2[nH]ccc12. The predicted octanol–water partition coefficient (Wildman–Crippen LogP) is 2.62. The van der Waals surface area contributed by atoms with Crippen molar-refractivity contribution in [2.24, 2.45) is 0 Å². The zero-order valence-electron chi connectivity index (χ0n) is 8.75. The van der Waals surface area contributed by atoms with Gasteiger partial charge in [0.2, 0.25) is 0 Å². The van der Waals surface area contributed by atoms with Gasteiger partial charge in [-0.15, -0.1) is 0 Å². The summed E-state index contributed by atoms with van der Waals surface area (Å²) in [5.74, 6) is 0. The van der Waals surface area contributed by atoms with Crippen molar-refractivity contribution in [3.05, 3.63) is 36.0 Å². The maximum atomic E-state index is 3.23. The Bertz CT molecular complexity index is 417. The van der Waals surface area contributed by atoms with Crippen molar-refractivity contribution in [3.63, 3.8) is 0 Å². The number of nitrogens with one attached hydrogen (secondary N) is 1. The Morgan fingerprint density at radius 3 is 2.93 bits per heavy atom. The van der Waals surface area contributed by atoms with Gasteiger partial charge in [0.05, 0.1) is 0 Å². The molecule has 0 amide bonds. The molecule has 1 aromatic carbocycles. The second-order valence-corrected chi connectivity index (χ2v) is 3.69. The second kappa shape index (κ2) is 3.84. The topological polar surface area (TPSA) is 19.0 Å². The van der Waals surface area contributed by atoms with E-state index < -0.39 is 0 Å². The van der Waals surface area contributed by atoms with Crippen LogP contribution in [0.2, 0.25) is 0 Å². The van der Waals surface area contributed by atoms with Crippen LogP contribution in [-0.2, 0) is 6.54 Å². The Morgan fingerprint density at radius 2 is 2.14 bits per heavy atom. The quantitative estimate of drug-likeness (QED) is 0.784. The fourth-order valence-electron chi connectivity index (χ4n) is 1.69. The largest absolute Gasteiger partial charge is 0.361 e. The number of aromatic nitrogens is 1. The maximum Gasteiger partial charge on any atom is 0.0457 e. The number of aromatic amines is 1. The predicted molar refractivity (Wildman–Crippen MR) is 60.3 cm³/mol. The number of nitrogens with zero attached hydrogens (tertiary/aromatic N) is 1. The molecule has 0 atom stereocenters. The molecular weight excluding hydrogens is 172 g/mol. The molecule has 0 fully saturated rings. The number of rotatable bonds is 3. The third-order valence-corrected chi connectivity index (χ3v) is 2.67. The van der Waals surface area contributed by atoms with E-state index in [2.05, 4.69) is 48.1 Å². The molecule has 2 nitrogen and oxygen atoms in total. The number of H-pyrrole nitrogens is 1. The van der Waals surface area contributed by atoms with Gasteiger partial charge in [0, 0.05) is 23.6 Å². The van der Waals surface area contributed by atoms with Crippen LogP contribution >= 0.6 is 0 Å². The molecule has 0 saturated heterocycles. The summed E-state index contributed by atoms with van der Waals surface area (Å²) >= 11 is 0. The fraction of sp³-hybridized carbons (Fsp3) is 0.333. The van der Waals surface area contributed by atoms with E-state index in [1.807, 2.05) is 6.20 Å². The molecule has 2 aromatic rings. The number of benzene rings is 1. The summed E-state index contributed by atoms with van der Waals surface area (Å²) < 4.78 is 0. The summed E-state index contributed by atoms with van der Waals surface area (Å²) in [6.07, 6.45) is 2.00. The first-order chi connectivity index (χ1) is 6.81. The zero-order valence-corrected chi connectivity index (χ0v) is 8.75. The van der Waals surface area contributed by atoms with Crippen molar-refractivity contribution in [1.82, 2.24) is 9.88 Å². The summed E-state index contributed by atoms with van der Waals surface area (Å²) in [5, 5.41) is 1.34. The van der Waals surface area contributed by atoms with Gasteiger partial charge < -0.3 is 9.88 Å². The Labute approximate surface area is 84.5 Å². The van der Waals surface area contributed by atoms with Gasteiger partial charge in [-0.2, -0.15) is 0 Å². The molecule has 14 heavy (non-hydrogen) atoms. The minimum Gasteiger partial charge on any atom is -0.361 e. The van der Waals surface area contributed by atoms with Crippen LogP contribution in [-0.4, -0.2) is 23.5 Å². The minimum absolute atomic E-state index is 1.02. The highest BCUT2D eigenvalue weighted by Gasteiger charge is 2.02. The van der Waals surface area contributed by atoms with Gasteiger partial charge in [-0.25, -0.2) is 0 Å². The highest BCUT2D eigenvalue weighted by Crippen LogP contribution is 2.18. The lowest BCUT2D eigenvalue weighted by atomic mass is 10.1. The van der Waals surface area contributed by atoms with E-state index in [0.29, 0.717) is 0 Å². The van der Waals surface area contributed by atoms with Crippen molar-refractivity contribution in [2.75, 3.05) is 13.6 Å². The van der Waals surface area contributed by atoms with Gasteiger partial charge in [-0.1, -0.05) is 19.1 Å². The van der Waals surface area contributed by atoms with Gasteiger partial charge in [0.25, 0.3) is 0 Å². The Hall–Kier alpha value is -1.28. The number of hydrogen-bond donors (Lipinski definition) is 1. The van der Waals surface area contributed by atoms with Crippen LogP contribution in [0.15, 0.2) is 30.5 Å². The lowest BCUT2D eigenvalue weighted by Crippen LogP contribution is -2.16. The average molecular weight is 188 g/mol. The lowest BCUT2D eigenvalue weighted by Gasteiger charge is -2.14. The summed E-state index contributed by atoms with van der Waals surface area (Å²) in [6, 6.07) is 8.57.